The second-order valence-corrected chi connectivity index (χ2v) is 12.7. The highest BCUT2D eigenvalue weighted by atomic mass is 32.2. The molecule has 6 rings (SSSR count). The second-order valence-electron chi connectivity index (χ2n) is 10.0. The molecule has 3 heterocycles. The zero-order chi connectivity index (χ0) is 30.8. The number of nitrogens with two attached hydrogens (primary N) is 1. The number of rotatable bonds is 9. The van der Waals surface area contributed by atoms with Crippen LogP contribution in [0, 0.1) is 0 Å². The van der Waals surface area contributed by atoms with Gasteiger partial charge in [-0.1, -0.05) is 54.6 Å². The van der Waals surface area contributed by atoms with Gasteiger partial charge in [0.25, 0.3) is 5.91 Å². The number of nitrogens with one attached hydrogen (secondary N) is 2. The first-order valence-electron chi connectivity index (χ1n) is 13.7. The molecule has 0 aliphatic carbocycles. The Labute approximate surface area is 258 Å². The van der Waals surface area contributed by atoms with E-state index >= 15 is 0 Å². The lowest BCUT2D eigenvalue weighted by atomic mass is 10.0. The van der Waals surface area contributed by atoms with Crippen molar-refractivity contribution in [1.82, 2.24) is 14.3 Å². The fraction of sp³-hybridized carbons (Fsp3) is 0.0909. The van der Waals surface area contributed by atoms with Gasteiger partial charge in [-0.25, -0.2) is 18.1 Å². The number of carbonyl (C=O) groups is 1. The second kappa shape index (κ2) is 12.0. The molecule has 222 valence electrons. The highest BCUT2D eigenvalue weighted by molar-refractivity contribution is 7.89. The molecule has 0 bridgehead atoms. The van der Waals surface area contributed by atoms with Crippen LogP contribution in [0.2, 0.25) is 0 Å². The van der Waals surface area contributed by atoms with Crippen LogP contribution in [0.25, 0.3) is 38.2 Å². The predicted octanol–water partition coefficient (Wildman–Crippen LogP) is 6.29. The van der Waals surface area contributed by atoms with Gasteiger partial charge in [-0.3, -0.25) is 4.79 Å². The molecule has 3 aromatic heterocycles. The van der Waals surface area contributed by atoms with Crippen LogP contribution in [0.5, 0.6) is 5.75 Å². The lowest BCUT2D eigenvalue weighted by Crippen LogP contribution is -2.23. The molecule has 4 N–H and O–H groups in total. The minimum Gasteiger partial charge on any atom is -0.495 e. The van der Waals surface area contributed by atoms with Gasteiger partial charge in [-0.15, -0.1) is 11.3 Å². The van der Waals surface area contributed by atoms with Gasteiger partial charge in [-0.2, -0.15) is 0 Å². The smallest absolute Gasteiger partial charge is 0.272 e. The van der Waals surface area contributed by atoms with Crippen LogP contribution in [0.4, 0.5) is 11.5 Å². The minimum absolute atomic E-state index is 0.116. The zero-order valence-corrected chi connectivity index (χ0v) is 25.6. The molecule has 9 nitrogen and oxygen atoms in total. The van der Waals surface area contributed by atoms with Gasteiger partial charge >= 0.3 is 0 Å². The molecule has 0 fully saturated rings. The van der Waals surface area contributed by atoms with E-state index in [-0.39, 0.29) is 17.3 Å². The summed E-state index contributed by atoms with van der Waals surface area (Å²) >= 11 is 1.52. The van der Waals surface area contributed by atoms with Gasteiger partial charge in [0, 0.05) is 51.9 Å². The number of ether oxygens (including phenoxy) is 1. The number of thiophene rings is 1. The Morgan fingerprint density at radius 3 is 2.61 bits per heavy atom. The largest absolute Gasteiger partial charge is 0.495 e. The lowest BCUT2D eigenvalue weighted by molar-refractivity contribution is 0.101. The van der Waals surface area contributed by atoms with E-state index in [0.29, 0.717) is 22.9 Å². The Morgan fingerprint density at radius 1 is 1.07 bits per heavy atom. The molecule has 6 aromatic rings. The van der Waals surface area contributed by atoms with Crippen molar-refractivity contribution in [2.75, 3.05) is 24.7 Å². The number of methoxy groups -OCH3 is 1. The molecule has 0 spiro atoms. The van der Waals surface area contributed by atoms with Crippen molar-refractivity contribution in [2.24, 2.45) is 7.05 Å². The van der Waals surface area contributed by atoms with Gasteiger partial charge in [0.2, 0.25) is 10.0 Å². The molecular weight excluding hydrogens is 595 g/mol. The number of aromatic nitrogens is 2. The highest BCUT2D eigenvalue weighted by Gasteiger charge is 2.18. The third kappa shape index (κ3) is 5.55. The number of fused-ring (bicyclic) bond motifs is 2. The van der Waals surface area contributed by atoms with E-state index in [1.165, 1.54) is 11.3 Å². The minimum atomic E-state index is -3.61. The Kier molecular flexibility index (Phi) is 7.92. The Hall–Kier alpha value is -4.97. The SMILES string of the molecule is COc1cc(-c2csc3c(/C=C/CNS(=O)(=O)c4ccccc4)cnc(N)c23)ccc1NC(=O)c1cc2ccccc2n1C. The number of aryl methyl sites for hydroxylation is 1. The van der Waals surface area contributed by atoms with Crippen LogP contribution in [0.15, 0.2) is 101 Å². The summed E-state index contributed by atoms with van der Waals surface area (Å²) in [6.45, 7) is 0.116. The number of hydrogen-bond acceptors (Lipinski definition) is 7. The van der Waals surface area contributed by atoms with Gasteiger partial charge < -0.3 is 20.4 Å². The van der Waals surface area contributed by atoms with Gasteiger partial charge in [-0.05, 0) is 47.3 Å². The maximum Gasteiger partial charge on any atom is 0.272 e. The topological polar surface area (TPSA) is 128 Å². The third-order valence-corrected chi connectivity index (χ3v) is 9.81. The fourth-order valence-electron chi connectivity index (χ4n) is 5.10. The summed E-state index contributed by atoms with van der Waals surface area (Å²) in [7, 11) is -0.189. The molecule has 0 atom stereocenters. The Morgan fingerprint density at radius 2 is 1.84 bits per heavy atom. The number of sulfonamides is 1. The summed E-state index contributed by atoms with van der Waals surface area (Å²) in [5.74, 6) is 0.638. The molecule has 11 heteroatoms. The van der Waals surface area contributed by atoms with Gasteiger partial charge in [0.1, 0.15) is 17.3 Å². The number of amides is 1. The molecule has 0 aliphatic rings. The number of hydrogen-bond donors (Lipinski definition) is 3. The van der Waals surface area contributed by atoms with E-state index in [1.54, 1.807) is 49.7 Å². The normalized spacial score (nSPS) is 11.9. The van der Waals surface area contributed by atoms with E-state index in [0.717, 1.165) is 37.7 Å². The number of benzene rings is 3. The number of carbonyl (C=O) groups excluding carboxylic acids is 1. The van der Waals surface area contributed by atoms with Crippen molar-refractivity contribution >= 4 is 65.8 Å². The van der Waals surface area contributed by atoms with E-state index in [9.17, 15) is 13.2 Å². The first-order valence-corrected chi connectivity index (χ1v) is 16.0. The summed E-state index contributed by atoms with van der Waals surface area (Å²) in [5, 5.41) is 6.76. The predicted molar refractivity (Wildman–Crippen MR) is 178 cm³/mol. The van der Waals surface area contributed by atoms with E-state index in [2.05, 4.69) is 15.0 Å². The summed E-state index contributed by atoms with van der Waals surface area (Å²) < 4.78 is 36.1. The van der Waals surface area contributed by atoms with Crippen molar-refractivity contribution < 1.29 is 17.9 Å². The number of anilines is 2. The van der Waals surface area contributed by atoms with E-state index in [4.69, 9.17) is 10.5 Å². The van der Waals surface area contributed by atoms with Crippen LogP contribution in [0.1, 0.15) is 16.1 Å². The summed E-state index contributed by atoms with van der Waals surface area (Å²) in [6.07, 6.45) is 5.24. The summed E-state index contributed by atoms with van der Waals surface area (Å²) in [4.78, 5) is 17.8. The van der Waals surface area contributed by atoms with Gasteiger partial charge in [0.05, 0.1) is 17.7 Å². The Balaban J connectivity index is 1.24. The summed E-state index contributed by atoms with van der Waals surface area (Å²) in [5.41, 5.74) is 10.9. The molecule has 0 saturated carbocycles. The lowest BCUT2D eigenvalue weighted by Gasteiger charge is -2.13. The standard InChI is InChI=1S/C33H29N5O4S2/c1-38-27-13-7-6-9-22(27)17-28(38)33(39)37-26-15-14-21(18-29(26)42-2)25-20-43-31-23(19-35-32(34)30(25)31)10-8-16-36-44(40,41)24-11-4-3-5-12-24/h3-15,17-20,36H,16H2,1-2H3,(H2,34,35)(H,37,39)/b10-8+. The van der Waals surface area contributed by atoms with Crippen LogP contribution in [-0.2, 0) is 17.1 Å². The fourth-order valence-corrected chi connectivity index (χ4v) is 7.18. The molecule has 3 aromatic carbocycles. The summed E-state index contributed by atoms with van der Waals surface area (Å²) in [6, 6.07) is 23.5. The van der Waals surface area contributed by atoms with Crippen LogP contribution in [0.3, 0.4) is 0 Å². The van der Waals surface area contributed by atoms with Crippen molar-refractivity contribution in [1.29, 1.82) is 0 Å². The first kappa shape index (κ1) is 29.1. The monoisotopic (exact) mass is 623 g/mol. The Bertz CT molecular complexity index is 2150. The maximum absolute atomic E-state index is 13.2. The number of pyridine rings is 1. The number of nitrogens with zero attached hydrogens (tertiary/aromatic N) is 2. The highest BCUT2D eigenvalue weighted by Crippen LogP contribution is 2.41. The van der Waals surface area contributed by atoms with E-state index < -0.39 is 10.0 Å². The number of para-hydroxylation sites is 1. The van der Waals surface area contributed by atoms with Crippen LogP contribution < -0.4 is 20.5 Å². The van der Waals surface area contributed by atoms with Crippen LogP contribution >= 0.6 is 11.3 Å². The first-order chi connectivity index (χ1) is 21.3. The van der Waals surface area contributed by atoms with E-state index in [1.807, 2.05) is 71.6 Å². The quantitative estimate of drug-likeness (QED) is 0.174. The number of nitrogen functional groups attached to an aromatic ring is 1. The van der Waals surface area contributed by atoms with Crippen molar-refractivity contribution in [2.45, 2.75) is 4.90 Å². The average Bonchev–Trinajstić information content (AvgIpc) is 3.64. The molecule has 1 amide bonds. The van der Waals surface area contributed by atoms with Crippen molar-refractivity contribution in [3.63, 3.8) is 0 Å². The molecular formula is C33H29N5O4S2. The average molecular weight is 624 g/mol. The zero-order valence-electron chi connectivity index (χ0n) is 23.9. The van der Waals surface area contributed by atoms with Crippen molar-refractivity contribution in [3.05, 3.63) is 108 Å². The molecule has 0 unspecified atom stereocenters. The maximum atomic E-state index is 13.2. The molecule has 0 aliphatic heterocycles. The third-order valence-electron chi connectivity index (χ3n) is 7.34. The van der Waals surface area contributed by atoms with Crippen molar-refractivity contribution in [3.8, 4) is 16.9 Å². The molecule has 0 saturated heterocycles. The molecule has 44 heavy (non-hydrogen) atoms. The van der Waals surface area contributed by atoms with Crippen LogP contribution in [-0.4, -0.2) is 37.5 Å². The molecule has 0 radical (unpaired) electrons. The van der Waals surface area contributed by atoms with Gasteiger partial charge in [0.15, 0.2) is 0 Å².